The van der Waals surface area contributed by atoms with Crippen LogP contribution in [0.25, 0.3) is 0 Å². The smallest absolute Gasteiger partial charge is 0.123 e. The van der Waals surface area contributed by atoms with E-state index in [2.05, 4.69) is 60.2 Å². The summed E-state index contributed by atoms with van der Waals surface area (Å²) in [7, 11) is 0. The minimum absolute atomic E-state index is 0.631. The maximum Gasteiger partial charge on any atom is 0.123 e. The van der Waals surface area contributed by atoms with Crippen LogP contribution in [0.3, 0.4) is 0 Å². The molecule has 3 unspecified atom stereocenters. The van der Waals surface area contributed by atoms with Crippen molar-refractivity contribution in [2.24, 2.45) is 11.8 Å². The first-order valence-electron chi connectivity index (χ1n) is 8.26. The van der Waals surface area contributed by atoms with E-state index in [0.29, 0.717) is 6.04 Å². The molecule has 1 aliphatic rings. The fourth-order valence-corrected chi connectivity index (χ4v) is 3.56. The number of hydrogen-bond acceptors (Lipinski definition) is 2. The molecule has 21 heavy (non-hydrogen) atoms. The molecule has 0 bridgehead atoms. The molecule has 118 valence electrons. The Morgan fingerprint density at radius 1 is 1.29 bits per heavy atom. The van der Waals surface area contributed by atoms with Crippen LogP contribution in [0.1, 0.15) is 52.0 Å². The summed E-state index contributed by atoms with van der Waals surface area (Å²) in [5, 5.41) is 3.76. The largest absolute Gasteiger partial charge is 0.493 e. The van der Waals surface area contributed by atoms with Gasteiger partial charge in [0.15, 0.2) is 0 Å². The number of ether oxygens (including phenoxy) is 1. The third kappa shape index (κ3) is 4.72. The average Bonchev–Trinajstić information content (AvgIpc) is 2.48. The molecule has 2 rings (SSSR count). The number of halogens is 1. The van der Waals surface area contributed by atoms with E-state index in [0.717, 1.165) is 41.6 Å². The molecular formula is C18H28BrNO. The predicted molar refractivity (Wildman–Crippen MR) is 92.7 cm³/mol. The zero-order chi connectivity index (χ0) is 15.2. The molecule has 1 saturated carbocycles. The molecule has 1 aromatic carbocycles. The molecule has 1 fully saturated rings. The Bertz CT molecular complexity index is 449. The van der Waals surface area contributed by atoms with Crippen LogP contribution in [0.4, 0.5) is 0 Å². The van der Waals surface area contributed by atoms with E-state index in [9.17, 15) is 0 Å². The average molecular weight is 354 g/mol. The van der Waals surface area contributed by atoms with Gasteiger partial charge in [0.05, 0.1) is 6.61 Å². The number of hydrogen-bond donors (Lipinski definition) is 1. The van der Waals surface area contributed by atoms with Gasteiger partial charge >= 0.3 is 0 Å². The van der Waals surface area contributed by atoms with Gasteiger partial charge in [-0.15, -0.1) is 0 Å². The van der Waals surface area contributed by atoms with Crippen molar-refractivity contribution in [2.45, 2.75) is 59.0 Å². The Hall–Kier alpha value is -0.540. The molecule has 0 heterocycles. The first kappa shape index (κ1) is 16.8. The standard InChI is InChI=1S/C18H28BrNO/c1-4-10-21-18-9-8-16(19)11-15(18)12-20-17-7-5-6-13(2)14(17)3/h8-9,11,13-14,17,20H,4-7,10,12H2,1-3H3. The lowest BCUT2D eigenvalue weighted by molar-refractivity contribution is 0.205. The summed E-state index contributed by atoms with van der Waals surface area (Å²) in [6.45, 7) is 8.58. The van der Waals surface area contributed by atoms with Gasteiger partial charge in [-0.25, -0.2) is 0 Å². The van der Waals surface area contributed by atoms with Crippen molar-refractivity contribution in [3.63, 3.8) is 0 Å². The van der Waals surface area contributed by atoms with Gasteiger partial charge in [-0.2, -0.15) is 0 Å². The summed E-state index contributed by atoms with van der Waals surface area (Å²) >= 11 is 3.57. The number of benzene rings is 1. The topological polar surface area (TPSA) is 21.3 Å². The van der Waals surface area contributed by atoms with Crippen molar-refractivity contribution in [2.75, 3.05) is 6.61 Å². The van der Waals surface area contributed by atoms with E-state index < -0.39 is 0 Å². The Labute approximate surface area is 137 Å². The summed E-state index contributed by atoms with van der Waals surface area (Å²) in [5.41, 5.74) is 1.25. The van der Waals surface area contributed by atoms with Crippen LogP contribution < -0.4 is 10.1 Å². The van der Waals surface area contributed by atoms with E-state index >= 15 is 0 Å². The molecular weight excluding hydrogens is 326 g/mol. The second kappa shape index (κ2) is 8.19. The van der Waals surface area contributed by atoms with Crippen LogP contribution in [0, 0.1) is 11.8 Å². The predicted octanol–water partition coefficient (Wildman–Crippen LogP) is 5.15. The van der Waals surface area contributed by atoms with Crippen LogP contribution in [-0.4, -0.2) is 12.6 Å². The van der Waals surface area contributed by atoms with Gasteiger partial charge in [0, 0.05) is 22.6 Å². The third-order valence-corrected chi connectivity index (χ3v) is 5.24. The van der Waals surface area contributed by atoms with E-state index in [1.807, 2.05) is 0 Å². The molecule has 3 atom stereocenters. The highest BCUT2D eigenvalue weighted by atomic mass is 79.9. The molecule has 1 aliphatic carbocycles. The van der Waals surface area contributed by atoms with Gasteiger partial charge in [0.1, 0.15) is 5.75 Å². The van der Waals surface area contributed by atoms with Crippen molar-refractivity contribution >= 4 is 15.9 Å². The van der Waals surface area contributed by atoms with Gasteiger partial charge in [0.2, 0.25) is 0 Å². The Kier molecular flexibility index (Phi) is 6.56. The summed E-state index contributed by atoms with van der Waals surface area (Å²) < 4.78 is 6.99. The second-order valence-corrected chi connectivity index (χ2v) is 7.27. The normalized spacial score (nSPS) is 25.8. The molecule has 0 amide bonds. The molecule has 1 N–H and O–H groups in total. The molecule has 0 radical (unpaired) electrons. The van der Waals surface area contributed by atoms with Gasteiger partial charge in [0.25, 0.3) is 0 Å². The fourth-order valence-electron chi connectivity index (χ4n) is 3.15. The second-order valence-electron chi connectivity index (χ2n) is 6.36. The molecule has 0 aliphatic heterocycles. The van der Waals surface area contributed by atoms with Crippen LogP contribution >= 0.6 is 15.9 Å². The van der Waals surface area contributed by atoms with E-state index in [1.54, 1.807) is 0 Å². The van der Waals surface area contributed by atoms with Gasteiger partial charge in [-0.05, 0) is 42.9 Å². The molecule has 3 heteroatoms. The van der Waals surface area contributed by atoms with Crippen molar-refractivity contribution in [1.29, 1.82) is 0 Å². The fraction of sp³-hybridized carbons (Fsp3) is 0.667. The van der Waals surface area contributed by atoms with Gasteiger partial charge in [-0.3, -0.25) is 0 Å². The lowest BCUT2D eigenvalue weighted by atomic mass is 9.78. The molecule has 0 spiro atoms. The zero-order valence-corrected chi connectivity index (χ0v) is 15.1. The van der Waals surface area contributed by atoms with E-state index in [-0.39, 0.29) is 0 Å². The number of rotatable bonds is 6. The summed E-state index contributed by atoms with van der Waals surface area (Å²) in [4.78, 5) is 0. The first-order chi connectivity index (χ1) is 10.1. The molecule has 1 aromatic rings. The highest BCUT2D eigenvalue weighted by Crippen LogP contribution is 2.30. The summed E-state index contributed by atoms with van der Waals surface area (Å²) in [6.07, 6.45) is 5.06. The quantitative estimate of drug-likeness (QED) is 0.763. The minimum atomic E-state index is 0.631. The van der Waals surface area contributed by atoms with Crippen LogP contribution in [0.15, 0.2) is 22.7 Å². The Morgan fingerprint density at radius 2 is 2.10 bits per heavy atom. The SMILES string of the molecule is CCCOc1ccc(Br)cc1CNC1CCCC(C)C1C. The maximum atomic E-state index is 5.87. The van der Waals surface area contributed by atoms with Crippen molar-refractivity contribution < 1.29 is 4.74 Å². The van der Waals surface area contributed by atoms with Crippen molar-refractivity contribution in [3.8, 4) is 5.75 Å². The van der Waals surface area contributed by atoms with Gasteiger partial charge < -0.3 is 10.1 Å². The lowest BCUT2D eigenvalue weighted by Gasteiger charge is -2.35. The molecule has 0 aromatic heterocycles. The maximum absolute atomic E-state index is 5.87. The lowest BCUT2D eigenvalue weighted by Crippen LogP contribution is -2.40. The number of nitrogens with one attached hydrogen (secondary N) is 1. The highest BCUT2D eigenvalue weighted by molar-refractivity contribution is 9.10. The van der Waals surface area contributed by atoms with Crippen LogP contribution in [0.2, 0.25) is 0 Å². The molecule has 0 saturated heterocycles. The molecule has 2 nitrogen and oxygen atoms in total. The highest BCUT2D eigenvalue weighted by Gasteiger charge is 2.26. The third-order valence-electron chi connectivity index (χ3n) is 4.75. The van der Waals surface area contributed by atoms with E-state index in [1.165, 1.54) is 24.8 Å². The summed E-state index contributed by atoms with van der Waals surface area (Å²) in [6, 6.07) is 6.94. The monoisotopic (exact) mass is 353 g/mol. The minimum Gasteiger partial charge on any atom is -0.493 e. The zero-order valence-electron chi connectivity index (χ0n) is 13.5. The van der Waals surface area contributed by atoms with Gasteiger partial charge in [-0.1, -0.05) is 49.5 Å². The Morgan fingerprint density at radius 3 is 2.86 bits per heavy atom. The van der Waals surface area contributed by atoms with E-state index in [4.69, 9.17) is 4.74 Å². The van der Waals surface area contributed by atoms with Crippen LogP contribution in [-0.2, 0) is 6.54 Å². The van der Waals surface area contributed by atoms with Crippen LogP contribution in [0.5, 0.6) is 5.75 Å². The first-order valence-corrected chi connectivity index (χ1v) is 9.05. The van der Waals surface area contributed by atoms with Crippen molar-refractivity contribution in [1.82, 2.24) is 5.32 Å². The summed E-state index contributed by atoms with van der Waals surface area (Å²) in [5.74, 6) is 2.60. The Balaban J connectivity index is 1.99. The van der Waals surface area contributed by atoms with Crippen molar-refractivity contribution in [3.05, 3.63) is 28.2 Å².